The maximum absolute atomic E-state index is 12.7. The molecule has 8 rings (SSSR count). The van der Waals surface area contributed by atoms with E-state index in [1.54, 1.807) is 6.92 Å². The number of carbonyl (C=O) groups excluding carboxylic acids is 2. The number of esters is 2. The van der Waals surface area contributed by atoms with Gasteiger partial charge in [0.2, 0.25) is 12.1 Å². The molecule has 0 aromatic heterocycles. The fourth-order valence-corrected chi connectivity index (χ4v) is 7.54. The molecule has 0 amide bonds. The van der Waals surface area contributed by atoms with Gasteiger partial charge in [-0.15, -0.1) is 0 Å². The Bertz CT molecular complexity index is 1780. The average Bonchev–Trinajstić information content (AvgIpc) is 3.07. The molecular weight excluding hydrogens is 596 g/mol. The molecule has 4 aliphatic heterocycles. The molecule has 4 heterocycles. The van der Waals surface area contributed by atoms with E-state index in [-0.39, 0.29) is 13.2 Å². The largest absolute Gasteiger partial charge is 0.493 e. The van der Waals surface area contributed by atoms with Crippen molar-refractivity contribution >= 4 is 11.9 Å². The van der Waals surface area contributed by atoms with Crippen molar-refractivity contribution in [3.63, 3.8) is 0 Å². The Labute approximate surface area is 272 Å². The molecule has 4 atom stereocenters. The Kier molecular flexibility index (Phi) is 7.00. The summed E-state index contributed by atoms with van der Waals surface area (Å²) in [6.07, 6.45) is 1.97. The molecule has 0 N–H and O–H groups in total. The van der Waals surface area contributed by atoms with Crippen molar-refractivity contribution in [3.8, 4) is 0 Å². The fourth-order valence-electron chi connectivity index (χ4n) is 7.54. The lowest BCUT2D eigenvalue weighted by Crippen LogP contribution is -2.69. The molecule has 2 fully saturated rings. The van der Waals surface area contributed by atoms with Gasteiger partial charge in [-0.3, -0.25) is 0 Å². The summed E-state index contributed by atoms with van der Waals surface area (Å²) in [4.78, 5) is 25.3. The Morgan fingerprint density at radius 1 is 0.596 bits per heavy atom. The topological polar surface area (TPSA) is 89.5 Å². The molecule has 236 valence electrons. The molecule has 0 bridgehead atoms. The van der Waals surface area contributed by atoms with Crippen LogP contribution >= 0.6 is 0 Å². The number of benzene rings is 4. The number of carbonyl (C=O) groups is 2. The molecule has 47 heavy (non-hydrogen) atoms. The Morgan fingerprint density at radius 2 is 1.04 bits per heavy atom. The van der Waals surface area contributed by atoms with E-state index in [0.717, 1.165) is 22.3 Å². The lowest BCUT2D eigenvalue weighted by Gasteiger charge is -2.61. The first-order valence-electron chi connectivity index (χ1n) is 15.7. The molecule has 0 aliphatic carbocycles. The van der Waals surface area contributed by atoms with Crippen molar-refractivity contribution in [2.24, 2.45) is 11.8 Å². The molecule has 4 aromatic carbocycles. The molecule has 2 saturated heterocycles. The zero-order valence-corrected chi connectivity index (χ0v) is 25.6. The lowest BCUT2D eigenvalue weighted by atomic mass is 9.65. The molecule has 0 spiro atoms. The van der Waals surface area contributed by atoms with Gasteiger partial charge in [0.1, 0.15) is 47.8 Å². The van der Waals surface area contributed by atoms with E-state index >= 15 is 0 Å². The number of hydrogen-bond acceptors (Lipinski definition) is 8. The highest BCUT2D eigenvalue weighted by atomic mass is 16.8. The van der Waals surface area contributed by atoms with Crippen LogP contribution in [0, 0.1) is 11.8 Å². The Hall–Kier alpha value is -5.18. The minimum absolute atomic E-state index is 0.0969. The van der Waals surface area contributed by atoms with Gasteiger partial charge in [0.25, 0.3) is 0 Å². The number of hydrogen-bond donors (Lipinski definition) is 0. The van der Waals surface area contributed by atoms with Gasteiger partial charge in [0, 0.05) is 6.92 Å². The van der Waals surface area contributed by atoms with Crippen molar-refractivity contribution in [2.45, 2.75) is 30.2 Å². The van der Waals surface area contributed by atoms with E-state index in [2.05, 4.69) is 0 Å². The zero-order valence-electron chi connectivity index (χ0n) is 25.6. The van der Waals surface area contributed by atoms with Crippen molar-refractivity contribution < 1.29 is 38.0 Å². The Balaban J connectivity index is 1.06. The van der Waals surface area contributed by atoms with Gasteiger partial charge >= 0.3 is 11.9 Å². The molecule has 0 saturated carbocycles. The minimum atomic E-state index is -1.23. The first-order chi connectivity index (χ1) is 22.9. The van der Waals surface area contributed by atoms with Crippen LogP contribution in [0.15, 0.2) is 145 Å². The maximum atomic E-state index is 12.7. The summed E-state index contributed by atoms with van der Waals surface area (Å²) in [5.74, 6) is -2.30. The summed E-state index contributed by atoms with van der Waals surface area (Å²) in [6, 6.07) is 39.4. The van der Waals surface area contributed by atoms with Crippen LogP contribution in [0.4, 0.5) is 0 Å². The van der Waals surface area contributed by atoms with E-state index in [1.165, 1.54) is 12.2 Å². The van der Waals surface area contributed by atoms with Crippen molar-refractivity contribution in [3.05, 3.63) is 167 Å². The smallest absolute Gasteiger partial charge is 0.336 e. The standard InChI is InChI=1S/C39H32O8/c1-37-35(39(47-37,28-18-10-4-11-19-28)29-20-12-5-13-21-29)31(25-33(41)45-37)43-23-22-42-30-24-32(40)44-36-34(30)38(46-36,26-14-6-2-7-15-26)27-16-8-3-9-17-27/h2-21,24-25,34-36H,22-23H2,1H3/t34?,35-,36?,37-/m1/s1. The lowest BCUT2D eigenvalue weighted by molar-refractivity contribution is -0.396. The van der Waals surface area contributed by atoms with Crippen molar-refractivity contribution in [2.75, 3.05) is 13.2 Å². The number of fused-ring (bicyclic) bond motifs is 2. The second kappa shape index (κ2) is 11.3. The monoisotopic (exact) mass is 628 g/mol. The van der Waals surface area contributed by atoms with Crippen LogP contribution in [0.5, 0.6) is 0 Å². The first-order valence-corrected chi connectivity index (χ1v) is 15.7. The summed E-state index contributed by atoms with van der Waals surface area (Å²) < 4.78 is 36.9. The van der Waals surface area contributed by atoms with Gasteiger partial charge in [-0.2, -0.15) is 0 Å². The number of rotatable bonds is 9. The van der Waals surface area contributed by atoms with Crippen LogP contribution in [0.1, 0.15) is 29.2 Å². The van der Waals surface area contributed by atoms with E-state index in [1.807, 2.05) is 121 Å². The van der Waals surface area contributed by atoms with Crippen LogP contribution in [-0.2, 0) is 49.2 Å². The van der Waals surface area contributed by atoms with E-state index in [4.69, 9.17) is 28.4 Å². The third kappa shape index (κ3) is 4.59. The molecule has 4 aromatic rings. The van der Waals surface area contributed by atoms with Gasteiger partial charge in [0.15, 0.2) is 0 Å². The van der Waals surface area contributed by atoms with Crippen molar-refractivity contribution in [1.82, 2.24) is 0 Å². The summed E-state index contributed by atoms with van der Waals surface area (Å²) in [5, 5.41) is 0. The summed E-state index contributed by atoms with van der Waals surface area (Å²) in [5.41, 5.74) is 1.82. The van der Waals surface area contributed by atoms with Crippen molar-refractivity contribution in [1.29, 1.82) is 0 Å². The minimum Gasteiger partial charge on any atom is -0.493 e. The van der Waals surface area contributed by atoms with Gasteiger partial charge in [-0.05, 0) is 22.3 Å². The molecule has 2 unspecified atom stereocenters. The van der Waals surface area contributed by atoms with Crippen LogP contribution < -0.4 is 0 Å². The Morgan fingerprint density at radius 3 is 1.55 bits per heavy atom. The highest BCUT2D eigenvalue weighted by molar-refractivity contribution is 5.85. The molecule has 0 radical (unpaired) electrons. The summed E-state index contributed by atoms with van der Waals surface area (Å²) in [7, 11) is 0. The highest BCUT2D eigenvalue weighted by Crippen LogP contribution is 2.62. The second-order valence-electron chi connectivity index (χ2n) is 12.1. The van der Waals surface area contributed by atoms with Gasteiger partial charge < -0.3 is 28.4 Å². The summed E-state index contributed by atoms with van der Waals surface area (Å²) in [6.45, 7) is 1.95. The normalized spacial score (nSPS) is 26.4. The van der Waals surface area contributed by atoms with Crippen LogP contribution in [0.25, 0.3) is 0 Å². The van der Waals surface area contributed by atoms with Crippen LogP contribution in [-0.4, -0.2) is 37.2 Å². The first kappa shape index (κ1) is 29.2. The quantitative estimate of drug-likeness (QED) is 0.162. The predicted molar refractivity (Wildman–Crippen MR) is 169 cm³/mol. The van der Waals surface area contributed by atoms with E-state index in [9.17, 15) is 9.59 Å². The van der Waals surface area contributed by atoms with E-state index < -0.39 is 47.1 Å². The molecule has 4 aliphatic rings. The third-order valence-corrected chi connectivity index (χ3v) is 9.38. The highest BCUT2D eigenvalue weighted by Gasteiger charge is 2.70. The molecule has 8 nitrogen and oxygen atoms in total. The third-order valence-electron chi connectivity index (χ3n) is 9.38. The van der Waals surface area contributed by atoms with Crippen LogP contribution in [0.2, 0.25) is 0 Å². The van der Waals surface area contributed by atoms with Gasteiger partial charge in [0.05, 0.1) is 12.2 Å². The molecular formula is C39H32O8. The number of ether oxygens (including phenoxy) is 6. The van der Waals surface area contributed by atoms with Gasteiger partial charge in [-0.25, -0.2) is 9.59 Å². The zero-order chi connectivity index (χ0) is 32.1. The van der Waals surface area contributed by atoms with Crippen LogP contribution in [0.3, 0.4) is 0 Å². The fraction of sp³-hybridized carbons (Fsp3) is 0.231. The second-order valence-corrected chi connectivity index (χ2v) is 12.1. The average molecular weight is 629 g/mol. The predicted octanol–water partition coefficient (Wildman–Crippen LogP) is 6.12. The molecule has 8 heteroatoms. The van der Waals surface area contributed by atoms with E-state index in [0.29, 0.717) is 11.5 Å². The van der Waals surface area contributed by atoms with Gasteiger partial charge in [-0.1, -0.05) is 121 Å². The maximum Gasteiger partial charge on any atom is 0.336 e. The SMILES string of the molecule is C[C@]12OC(=O)C=C(OCCOC3=CC(=O)OC4OC(c5ccccc5)(c5ccccc5)C34)[C@H]1C(c1ccccc1)(c1ccccc1)O2. The summed E-state index contributed by atoms with van der Waals surface area (Å²) >= 11 is 0.